The smallest absolute Gasteiger partial charge is 0.325 e. The average molecular weight is 382 g/mol. The number of carbonyl (C=O) groups excluding carboxylic acids is 2. The summed E-state index contributed by atoms with van der Waals surface area (Å²) in [6, 6.07) is 14.0. The molecule has 3 amide bonds. The number of para-hydroxylation sites is 1. The van der Waals surface area contributed by atoms with Gasteiger partial charge in [-0.05, 0) is 42.8 Å². The topological polar surface area (TPSA) is 92.4 Å². The molecule has 138 valence electrons. The first kappa shape index (κ1) is 18.4. The van der Waals surface area contributed by atoms with E-state index >= 15 is 0 Å². The molecule has 0 aliphatic carbocycles. The van der Waals surface area contributed by atoms with Crippen LogP contribution in [-0.2, 0) is 0 Å². The molecule has 0 bridgehead atoms. The minimum absolute atomic E-state index is 0.225. The van der Waals surface area contributed by atoms with Gasteiger partial charge in [0, 0.05) is 16.8 Å². The van der Waals surface area contributed by atoms with Gasteiger partial charge in [-0.25, -0.2) is 9.78 Å². The second-order valence-corrected chi connectivity index (χ2v) is 6.48. The molecule has 1 aromatic heterocycles. The number of benzene rings is 2. The molecule has 8 heteroatoms. The van der Waals surface area contributed by atoms with E-state index in [9.17, 15) is 9.59 Å². The molecule has 0 saturated heterocycles. The number of amides is 3. The summed E-state index contributed by atoms with van der Waals surface area (Å²) in [6.07, 6.45) is 0. The summed E-state index contributed by atoms with van der Waals surface area (Å²) in [5, 5.41) is 10.0. The zero-order valence-electron chi connectivity index (χ0n) is 14.8. The van der Waals surface area contributed by atoms with Gasteiger partial charge in [-0.3, -0.25) is 10.1 Å². The van der Waals surface area contributed by atoms with Crippen molar-refractivity contribution in [2.75, 3.05) is 23.1 Å². The van der Waals surface area contributed by atoms with Gasteiger partial charge in [0.05, 0.1) is 7.11 Å². The SMILES string of the molecule is COc1ccc(NC(=O)c2csc(NC(=O)Nc3ccccc3)n2)cc1C. The van der Waals surface area contributed by atoms with E-state index in [0.717, 1.165) is 11.3 Å². The molecule has 0 radical (unpaired) electrons. The number of nitrogens with zero attached hydrogens (tertiary/aromatic N) is 1. The minimum atomic E-state index is -0.423. The normalized spacial score (nSPS) is 10.1. The summed E-state index contributed by atoms with van der Waals surface area (Å²) in [5.41, 5.74) is 2.44. The van der Waals surface area contributed by atoms with E-state index in [1.807, 2.05) is 31.2 Å². The van der Waals surface area contributed by atoms with Gasteiger partial charge in [0.1, 0.15) is 11.4 Å². The fourth-order valence-electron chi connectivity index (χ4n) is 2.37. The zero-order chi connectivity index (χ0) is 19.2. The second kappa shape index (κ2) is 8.33. The number of urea groups is 1. The molecule has 0 aliphatic heterocycles. The number of carbonyl (C=O) groups is 2. The van der Waals surface area contributed by atoms with Gasteiger partial charge in [-0.1, -0.05) is 18.2 Å². The largest absolute Gasteiger partial charge is 0.496 e. The molecule has 27 heavy (non-hydrogen) atoms. The third-order valence-electron chi connectivity index (χ3n) is 3.64. The van der Waals surface area contributed by atoms with Crippen LogP contribution in [0.15, 0.2) is 53.9 Å². The molecular formula is C19H18N4O3S. The van der Waals surface area contributed by atoms with Crippen LogP contribution in [0, 0.1) is 6.92 Å². The number of hydrogen-bond acceptors (Lipinski definition) is 5. The highest BCUT2D eigenvalue weighted by molar-refractivity contribution is 7.14. The monoisotopic (exact) mass is 382 g/mol. The maximum absolute atomic E-state index is 12.3. The van der Waals surface area contributed by atoms with E-state index in [1.54, 1.807) is 36.8 Å². The van der Waals surface area contributed by atoms with E-state index in [0.29, 0.717) is 16.5 Å². The number of methoxy groups -OCH3 is 1. The van der Waals surface area contributed by atoms with E-state index in [2.05, 4.69) is 20.9 Å². The quantitative estimate of drug-likeness (QED) is 0.611. The minimum Gasteiger partial charge on any atom is -0.496 e. The van der Waals surface area contributed by atoms with E-state index < -0.39 is 6.03 Å². The van der Waals surface area contributed by atoms with Crippen LogP contribution in [0.25, 0.3) is 0 Å². The Morgan fingerprint density at radius 3 is 2.48 bits per heavy atom. The van der Waals surface area contributed by atoms with Crippen LogP contribution in [0.3, 0.4) is 0 Å². The first-order valence-corrected chi connectivity index (χ1v) is 8.97. The molecule has 7 nitrogen and oxygen atoms in total. The molecule has 1 heterocycles. The molecule has 0 aliphatic rings. The lowest BCUT2D eigenvalue weighted by Gasteiger charge is -2.08. The van der Waals surface area contributed by atoms with Crippen LogP contribution in [-0.4, -0.2) is 24.0 Å². The standard InChI is InChI=1S/C19H18N4O3S/c1-12-10-14(8-9-16(12)26-2)20-17(24)15-11-27-19(22-15)23-18(25)21-13-6-4-3-5-7-13/h3-11H,1-2H3,(H,20,24)(H2,21,22,23,25). The molecule has 3 aromatic rings. The number of aromatic nitrogens is 1. The highest BCUT2D eigenvalue weighted by atomic mass is 32.1. The van der Waals surface area contributed by atoms with Crippen molar-refractivity contribution in [1.29, 1.82) is 0 Å². The van der Waals surface area contributed by atoms with Crippen molar-refractivity contribution in [2.45, 2.75) is 6.92 Å². The molecule has 0 saturated carbocycles. The number of nitrogens with one attached hydrogen (secondary N) is 3. The van der Waals surface area contributed by atoms with Gasteiger partial charge >= 0.3 is 6.03 Å². The Labute approximate surface area is 160 Å². The Balaban J connectivity index is 1.60. The highest BCUT2D eigenvalue weighted by Crippen LogP contribution is 2.22. The van der Waals surface area contributed by atoms with Crippen LogP contribution in [0.5, 0.6) is 5.75 Å². The summed E-state index contributed by atoms with van der Waals surface area (Å²) >= 11 is 1.17. The van der Waals surface area contributed by atoms with Crippen molar-refractivity contribution in [3.63, 3.8) is 0 Å². The van der Waals surface area contributed by atoms with Crippen LogP contribution in [0.2, 0.25) is 0 Å². The molecule has 0 unspecified atom stereocenters. The molecule has 0 spiro atoms. The van der Waals surface area contributed by atoms with Crippen molar-refractivity contribution >= 4 is 39.8 Å². The lowest BCUT2D eigenvalue weighted by molar-refractivity contribution is 0.102. The first-order valence-electron chi connectivity index (χ1n) is 8.10. The lowest BCUT2D eigenvalue weighted by Crippen LogP contribution is -2.19. The Bertz CT molecular complexity index is 957. The highest BCUT2D eigenvalue weighted by Gasteiger charge is 2.13. The number of aryl methyl sites for hydroxylation is 1. The summed E-state index contributed by atoms with van der Waals surface area (Å²) in [7, 11) is 1.60. The van der Waals surface area contributed by atoms with Gasteiger partial charge in [-0.15, -0.1) is 11.3 Å². The zero-order valence-corrected chi connectivity index (χ0v) is 15.6. The first-order chi connectivity index (χ1) is 13.0. The predicted octanol–water partition coefficient (Wildman–Crippen LogP) is 4.36. The molecular weight excluding hydrogens is 364 g/mol. The van der Waals surface area contributed by atoms with E-state index in [1.165, 1.54) is 11.3 Å². The molecule has 2 aromatic carbocycles. The molecule has 3 N–H and O–H groups in total. The van der Waals surface area contributed by atoms with E-state index in [-0.39, 0.29) is 11.6 Å². The number of rotatable bonds is 5. The van der Waals surface area contributed by atoms with Crippen molar-refractivity contribution in [1.82, 2.24) is 4.98 Å². The molecule has 0 atom stereocenters. The maximum Gasteiger partial charge on any atom is 0.325 e. The number of hydrogen-bond donors (Lipinski definition) is 3. The number of anilines is 3. The van der Waals surface area contributed by atoms with Crippen molar-refractivity contribution < 1.29 is 14.3 Å². The summed E-state index contributed by atoms with van der Waals surface area (Å²) in [6.45, 7) is 1.89. The Morgan fingerprint density at radius 2 is 1.78 bits per heavy atom. The fourth-order valence-corrected chi connectivity index (χ4v) is 3.05. The van der Waals surface area contributed by atoms with Crippen LogP contribution in [0.1, 0.15) is 16.1 Å². The maximum atomic E-state index is 12.3. The van der Waals surface area contributed by atoms with Crippen LogP contribution in [0.4, 0.5) is 21.3 Å². The van der Waals surface area contributed by atoms with Crippen LogP contribution < -0.4 is 20.7 Å². The summed E-state index contributed by atoms with van der Waals surface area (Å²) < 4.78 is 5.20. The average Bonchev–Trinajstić information content (AvgIpc) is 3.11. The Kier molecular flexibility index (Phi) is 5.68. The number of ether oxygens (including phenoxy) is 1. The fraction of sp³-hybridized carbons (Fsp3) is 0.105. The van der Waals surface area contributed by atoms with Crippen molar-refractivity contribution in [2.24, 2.45) is 0 Å². The van der Waals surface area contributed by atoms with Gasteiger partial charge in [-0.2, -0.15) is 0 Å². The van der Waals surface area contributed by atoms with Gasteiger partial charge in [0.25, 0.3) is 5.91 Å². The van der Waals surface area contributed by atoms with Crippen LogP contribution >= 0.6 is 11.3 Å². The summed E-state index contributed by atoms with van der Waals surface area (Å²) in [5.74, 6) is 0.393. The van der Waals surface area contributed by atoms with E-state index in [4.69, 9.17) is 4.74 Å². The lowest BCUT2D eigenvalue weighted by atomic mass is 10.2. The van der Waals surface area contributed by atoms with Gasteiger partial charge in [0.15, 0.2) is 5.13 Å². The summed E-state index contributed by atoms with van der Waals surface area (Å²) in [4.78, 5) is 28.5. The third kappa shape index (κ3) is 4.83. The number of thiazole rings is 1. The van der Waals surface area contributed by atoms with Gasteiger partial charge in [0.2, 0.25) is 0 Å². The predicted molar refractivity (Wildman–Crippen MR) is 107 cm³/mol. The Morgan fingerprint density at radius 1 is 1.00 bits per heavy atom. The van der Waals surface area contributed by atoms with Crippen molar-refractivity contribution in [3.8, 4) is 5.75 Å². The van der Waals surface area contributed by atoms with Crippen molar-refractivity contribution in [3.05, 3.63) is 65.2 Å². The third-order valence-corrected chi connectivity index (χ3v) is 4.40. The Hall–Kier alpha value is -3.39. The molecule has 3 rings (SSSR count). The molecule has 0 fully saturated rings. The van der Waals surface area contributed by atoms with Gasteiger partial charge < -0.3 is 15.4 Å². The second-order valence-electron chi connectivity index (χ2n) is 5.62.